The molecule has 1 aliphatic rings. The molecule has 1 aliphatic carbocycles. The van der Waals surface area contributed by atoms with Gasteiger partial charge in [0, 0.05) is 5.92 Å². The normalized spacial score (nSPS) is 33.7. The largest absolute Gasteiger partial charge is 0.385 e. The molecule has 1 N–H and O–H groups in total. The highest BCUT2D eigenvalue weighted by Gasteiger charge is 2.31. The van der Waals surface area contributed by atoms with Crippen LogP contribution in [0.2, 0.25) is 0 Å². The average Bonchev–Trinajstić information content (AvgIpc) is 2.21. The minimum Gasteiger partial charge on any atom is -0.385 e. The fraction of sp³-hybridized carbons (Fsp3) is 0.923. The van der Waals surface area contributed by atoms with E-state index in [9.17, 15) is 9.90 Å². The van der Waals surface area contributed by atoms with E-state index in [0.29, 0.717) is 12.3 Å². The summed E-state index contributed by atoms with van der Waals surface area (Å²) >= 11 is 0. The Morgan fingerprint density at radius 1 is 1.33 bits per heavy atom. The van der Waals surface area contributed by atoms with Crippen molar-refractivity contribution < 1.29 is 9.90 Å². The molecular formula is C13H24O2. The van der Waals surface area contributed by atoms with E-state index in [4.69, 9.17) is 0 Å². The number of rotatable bonds is 4. The predicted octanol–water partition coefficient (Wildman–Crippen LogP) is 2.79. The lowest BCUT2D eigenvalue weighted by molar-refractivity contribution is -0.133. The summed E-state index contributed by atoms with van der Waals surface area (Å²) in [6.45, 7) is 6.48. The second-order valence-electron chi connectivity index (χ2n) is 5.17. The summed E-state index contributed by atoms with van der Waals surface area (Å²) in [5.41, 5.74) is 0. The maximum Gasteiger partial charge on any atom is 0.164 e. The van der Waals surface area contributed by atoms with Gasteiger partial charge in [0.2, 0.25) is 0 Å². The molecular weight excluding hydrogens is 188 g/mol. The van der Waals surface area contributed by atoms with Crippen LogP contribution in [-0.4, -0.2) is 17.0 Å². The van der Waals surface area contributed by atoms with Crippen LogP contribution in [0.4, 0.5) is 0 Å². The highest BCUT2D eigenvalue weighted by atomic mass is 16.3. The van der Waals surface area contributed by atoms with Crippen molar-refractivity contribution in [2.45, 2.75) is 59.0 Å². The van der Waals surface area contributed by atoms with Crippen molar-refractivity contribution in [1.82, 2.24) is 0 Å². The van der Waals surface area contributed by atoms with Crippen molar-refractivity contribution in [1.29, 1.82) is 0 Å². The molecule has 0 heterocycles. The van der Waals surface area contributed by atoms with E-state index < -0.39 is 6.10 Å². The van der Waals surface area contributed by atoms with Crippen LogP contribution in [0.5, 0.6) is 0 Å². The molecule has 0 aromatic rings. The highest BCUT2D eigenvalue weighted by molar-refractivity contribution is 5.85. The Kier molecular flexibility index (Phi) is 4.78. The zero-order valence-corrected chi connectivity index (χ0v) is 10.2. The van der Waals surface area contributed by atoms with Crippen LogP contribution < -0.4 is 0 Å². The predicted molar refractivity (Wildman–Crippen MR) is 61.6 cm³/mol. The van der Waals surface area contributed by atoms with E-state index in [-0.39, 0.29) is 11.7 Å². The van der Waals surface area contributed by atoms with E-state index in [0.717, 1.165) is 31.6 Å². The summed E-state index contributed by atoms with van der Waals surface area (Å²) < 4.78 is 0. The minimum absolute atomic E-state index is 0.0931. The molecule has 0 amide bonds. The molecule has 0 aromatic carbocycles. The lowest BCUT2D eigenvalue weighted by atomic mass is 9.73. The van der Waals surface area contributed by atoms with E-state index in [1.807, 2.05) is 6.92 Å². The van der Waals surface area contributed by atoms with Crippen molar-refractivity contribution in [3.63, 3.8) is 0 Å². The summed E-state index contributed by atoms with van der Waals surface area (Å²) in [6.07, 6.45) is 3.88. The van der Waals surface area contributed by atoms with Gasteiger partial charge >= 0.3 is 0 Å². The molecule has 1 rings (SSSR count). The molecule has 4 unspecified atom stereocenters. The highest BCUT2D eigenvalue weighted by Crippen LogP contribution is 2.34. The summed E-state index contributed by atoms with van der Waals surface area (Å²) in [5, 5.41) is 9.67. The zero-order valence-electron chi connectivity index (χ0n) is 10.2. The van der Waals surface area contributed by atoms with E-state index in [1.165, 1.54) is 0 Å². The topological polar surface area (TPSA) is 37.3 Å². The van der Waals surface area contributed by atoms with Crippen molar-refractivity contribution in [3.05, 3.63) is 0 Å². The first-order valence-corrected chi connectivity index (χ1v) is 6.28. The minimum atomic E-state index is -0.708. The Bertz CT molecular complexity index is 213. The molecule has 88 valence electrons. The van der Waals surface area contributed by atoms with Crippen molar-refractivity contribution >= 4 is 5.78 Å². The quantitative estimate of drug-likeness (QED) is 0.778. The van der Waals surface area contributed by atoms with Crippen molar-refractivity contribution in [2.75, 3.05) is 0 Å². The third kappa shape index (κ3) is 3.30. The number of hydrogen-bond donors (Lipinski definition) is 1. The molecule has 0 spiro atoms. The van der Waals surface area contributed by atoms with Gasteiger partial charge in [0.1, 0.15) is 6.10 Å². The molecule has 2 heteroatoms. The standard InChI is InChI=1S/C13H24O2/c1-4-5-12(14)13(15)11-7-6-9(2)10(3)8-11/h9-12,14H,4-8H2,1-3H3. The number of carbonyl (C=O) groups excluding carboxylic acids is 1. The molecule has 0 radical (unpaired) electrons. The fourth-order valence-corrected chi connectivity index (χ4v) is 2.49. The van der Waals surface area contributed by atoms with Gasteiger partial charge in [-0.25, -0.2) is 0 Å². The number of hydrogen-bond acceptors (Lipinski definition) is 2. The maximum absolute atomic E-state index is 11.9. The summed E-state index contributed by atoms with van der Waals surface area (Å²) in [5.74, 6) is 1.58. The number of aliphatic hydroxyl groups excluding tert-OH is 1. The van der Waals surface area contributed by atoms with Crippen LogP contribution in [0.25, 0.3) is 0 Å². The maximum atomic E-state index is 11.9. The second kappa shape index (κ2) is 5.64. The van der Waals surface area contributed by atoms with Crippen molar-refractivity contribution in [3.8, 4) is 0 Å². The lowest BCUT2D eigenvalue weighted by Gasteiger charge is -2.32. The Labute approximate surface area is 93.1 Å². The van der Waals surface area contributed by atoms with Crippen LogP contribution >= 0.6 is 0 Å². The molecule has 0 aromatic heterocycles. The van der Waals surface area contributed by atoms with Gasteiger partial charge in [0.25, 0.3) is 0 Å². The van der Waals surface area contributed by atoms with Gasteiger partial charge in [-0.3, -0.25) is 4.79 Å². The molecule has 2 nitrogen and oxygen atoms in total. The van der Waals surface area contributed by atoms with Gasteiger partial charge < -0.3 is 5.11 Å². The SMILES string of the molecule is CCCC(O)C(=O)C1CCC(C)C(C)C1. The van der Waals surface area contributed by atoms with Crippen LogP contribution in [0.15, 0.2) is 0 Å². The summed E-state index contributed by atoms with van der Waals surface area (Å²) in [6, 6.07) is 0. The first kappa shape index (κ1) is 12.7. The number of ketones is 1. The van der Waals surface area contributed by atoms with E-state index >= 15 is 0 Å². The number of carbonyl (C=O) groups is 1. The number of aliphatic hydroxyl groups is 1. The van der Waals surface area contributed by atoms with Crippen LogP contribution in [0, 0.1) is 17.8 Å². The Hall–Kier alpha value is -0.370. The monoisotopic (exact) mass is 212 g/mol. The zero-order chi connectivity index (χ0) is 11.4. The Morgan fingerprint density at radius 2 is 2.00 bits per heavy atom. The van der Waals surface area contributed by atoms with Gasteiger partial charge in [0.15, 0.2) is 5.78 Å². The molecule has 1 saturated carbocycles. The number of Topliss-reactive ketones (excluding diaryl/α,β-unsaturated/α-hetero) is 1. The summed E-state index contributed by atoms with van der Waals surface area (Å²) in [7, 11) is 0. The first-order valence-electron chi connectivity index (χ1n) is 6.28. The van der Waals surface area contributed by atoms with Crippen LogP contribution in [0.3, 0.4) is 0 Å². The average molecular weight is 212 g/mol. The molecule has 15 heavy (non-hydrogen) atoms. The molecule has 0 saturated heterocycles. The van der Waals surface area contributed by atoms with Gasteiger partial charge in [0.05, 0.1) is 0 Å². The van der Waals surface area contributed by atoms with Crippen LogP contribution in [-0.2, 0) is 4.79 Å². The molecule has 4 atom stereocenters. The third-order valence-electron chi connectivity index (χ3n) is 3.89. The molecule has 0 aliphatic heterocycles. The van der Waals surface area contributed by atoms with Gasteiger partial charge in [-0.05, 0) is 37.5 Å². The first-order chi connectivity index (χ1) is 7.06. The lowest BCUT2D eigenvalue weighted by Crippen LogP contribution is -2.33. The fourth-order valence-electron chi connectivity index (χ4n) is 2.49. The molecule has 1 fully saturated rings. The van der Waals surface area contributed by atoms with E-state index in [1.54, 1.807) is 0 Å². The summed E-state index contributed by atoms with van der Waals surface area (Å²) in [4.78, 5) is 11.9. The smallest absolute Gasteiger partial charge is 0.164 e. The second-order valence-corrected chi connectivity index (χ2v) is 5.17. The van der Waals surface area contributed by atoms with Gasteiger partial charge in [-0.15, -0.1) is 0 Å². The Balaban J connectivity index is 2.47. The third-order valence-corrected chi connectivity index (χ3v) is 3.89. The van der Waals surface area contributed by atoms with E-state index in [2.05, 4.69) is 13.8 Å². The van der Waals surface area contributed by atoms with Gasteiger partial charge in [-0.2, -0.15) is 0 Å². The van der Waals surface area contributed by atoms with Crippen molar-refractivity contribution in [2.24, 2.45) is 17.8 Å². The van der Waals surface area contributed by atoms with Crippen LogP contribution in [0.1, 0.15) is 52.9 Å². The molecule has 0 bridgehead atoms. The van der Waals surface area contributed by atoms with Gasteiger partial charge in [-0.1, -0.05) is 27.2 Å². The Morgan fingerprint density at radius 3 is 2.53 bits per heavy atom.